The summed E-state index contributed by atoms with van der Waals surface area (Å²) in [5, 5.41) is 3.22. The second kappa shape index (κ2) is 8.17. The van der Waals surface area contributed by atoms with E-state index in [1.165, 1.54) is 0 Å². The largest absolute Gasteiger partial charge is 0.493 e. The summed E-state index contributed by atoms with van der Waals surface area (Å²) in [5.74, 6) is 0.955. The quantitative estimate of drug-likeness (QED) is 0.870. The maximum atomic E-state index is 12.8. The summed E-state index contributed by atoms with van der Waals surface area (Å²) in [7, 11) is 4.09. The zero-order valence-corrected chi connectivity index (χ0v) is 15.4. The molecule has 3 rings (SSSR count). The highest BCUT2D eigenvalue weighted by molar-refractivity contribution is 5.82. The van der Waals surface area contributed by atoms with Crippen LogP contribution in [0.15, 0.2) is 24.3 Å². The number of nitrogens with one attached hydrogen (secondary N) is 1. The second-order valence-corrected chi connectivity index (χ2v) is 7.16. The number of rotatable bonds is 5. The predicted molar refractivity (Wildman–Crippen MR) is 96.8 cm³/mol. The smallest absolute Gasteiger partial charge is 0.237 e. The Balaban J connectivity index is 1.60. The van der Waals surface area contributed by atoms with Crippen molar-refractivity contribution < 1.29 is 14.3 Å². The zero-order valence-electron chi connectivity index (χ0n) is 15.4. The maximum absolute atomic E-state index is 12.8. The molecular weight excluding hydrogens is 318 g/mol. The van der Waals surface area contributed by atoms with Gasteiger partial charge in [0.2, 0.25) is 5.91 Å². The van der Waals surface area contributed by atoms with Crippen molar-refractivity contribution >= 4 is 5.91 Å². The van der Waals surface area contributed by atoms with Gasteiger partial charge in [0.05, 0.1) is 31.4 Å². The first-order valence-corrected chi connectivity index (χ1v) is 9.07. The summed E-state index contributed by atoms with van der Waals surface area (Å²) >= 11 is 0. The minimum atomic E-state index is -0.163. The van der Waals surface area contributed by atoms with E-state index in [-0.39, 0.29) is 24.1 Å². The monoisotopic (exact) mass is 347 g/mol. The highest BCUT2D eigenvalue weighted by Crippen LogP contribution is 2.31. The van der Waals surface area contributed by atoms with Gasteiger partial charge in [0.25, 0.3) is 0 Å². The third-order valence-corrected chi connectivity index (χ3v) is 4.94. The van der Waals surface area contributed by atoms with E-state index >= 15 is 0 Å². The SMILES string of the molecule is C[C@H](C(=O)N[C@@H]1CCOc2ccccc21)N1CCO[C@@H](CN(C)C)C1. The normalized spacial score (nSPS) is 25.1. The van der Waals surface area contributed by atoms with Gasteiger partial charge in [0.15, 0.2) is 0 Å². The van der Waals surface area contributed by atoms with Crippen molar-refractivity contribution in [2.75, 3.05) is 46.9 Å². The maximum Gasteiger partial charge on any atom is 0.237 e. The summed E-state index contributed by atoms with van der Waals surface area (Å²) in [6.07, 6.45) is 0.963. The summed E-state index contributed by atoms with van der Waals surface area (Å²) in [6, 6.07) is 7.81. The number of fused-ring (bicyclic) bond motifs is 1. The van der Waals surface area contributed by atoms with E-state index in [2.05, 4.69) is 15.1 Å². The molecule has 0 saturated carbocycles. The van der Waals surface area contributed by atoms with Gasteiger partial charge in [-0.05, 0) is 27.1 Å². The molecule has 0 aliphatic carbocycles. The summed E-state index contributed by atoms with van der Waals surface area (Å²) < 4.78 is 11.5. The van der Waals surface area contributed by atoms with Crippen LogP contribution in [-0.4, -0.2) is 74.8 Å². The van der Waals surface area contributed by atoms with E-state index in [0.29, 0.717) is 13.2 Å². The van der Waals surface area contributed by atoms with Crippen molar-refractivity contribution in [2.45, 2.75) is 31.5 Å². The van der Waals surface area contributed by atoms with E-state index in [4.69, 9.17) is 9.47 Å². The molecule has 0 bridgehead atoms. The molecule has 3 atom stereocenters. The summed E-state index contributed by atoms with van der Waals surface area (Å²) in [6.45, 7) is 5.76. The van der Waals surface area contributed by atoms with Gasteiger partial charge in [-0.3, -0.25) is 9.69 Å². The molecule has 6 nitrogen and oxygen atoms in total. The minimum absolute atomic E-state index is 0.0264. The fourth-order valence-corrected chi connectivity index (χ4v) is 3.56. The fourth-order valence-electron chi connectivity index (χ4n) is 3.56. The van der Waals surface area contributed by atoms with Crippen LogP contribution in [0.3, 0.4) is 0 Å². The highest BCUT2D eigenvalue weighted by atomic mass is 16.5. The van der Waals surface area contributed by atoms with Crippen molar-refractivity contribution in [3.63, 3.8) is 0 Å². The fraction of sp³-hybridized carbons (Fsp3) is 0.632. The number of ether oxygens (including phenoxy) is 2. The van der Waals surface area contributed by atoms with Gasteiger partial charge in [-0.25, -0.2) is 0 Å². The average Bonchev–Trinajstić information content (AvgIpc) is 2.61. The molecule has 0 spiro atoms. The van der Waals surface area contributed by atoms with E-state index in [1.807, 2.05) is 45.3 Å². The van der Waals surface area contributed by atoms with Gasteiger partial charge in [-0.1, -0.05) is 18.2 Å². The molecule has 0 aromatic heterocycles. The lowest BCUT2D eigenvalue weighted by molar-refractivity contribution is -0.130. The van der Waals surface area contributed by atoms with Gasteiger partial charge < -0.3 is 19.7 Å². The van der Waals surface area contributed by atoms with Gasteiger partial charge in [-0.15, -0.1) is 0 Å². The van der Waals surface area contributed by atoms with E-state index in [1.54, 1.807) is 0 Å². The minimum Gasteiger partial charge on any atom is -0.493 e. The van der Waals surface area contributed by atoms with Crippen molar-refractivity contribution in [3.8, 4) is 5.75 Å². The number of para-hydroxylation sites is 1. The average molecular weight is 347 g/mol. The molecule has 0 radical (unpaired) electrons. The van der Waals surface area contributed by atoms with Crippen LogP contribution < -0.4 is 10.1 Å². The third kappa shape index (κ3) is 4.51. The highest BCUT2D eigenvalue weighted by Gasteiger charge is 2.30. The third-order valence-electron chi connectivity index (χ3n) is 4.94. The lowest BCUT2D eigenvalue weighted by Crippen LogP contribution is -2.54. The first kappa shape index (κ1) is 18.2. The number of morpholine rings is 1. The lowest BCUT2D eigenvalue weighted by Gasteiger charge is -2.37. The van der Waals surface area contributed by atoms with Gasteiger partial charge in [-0.2, -0.15) is 0 Å². The Morgan fingerprint density at radius 1 is 1.36 bits per heavy atom. The van der Waals surface area contributed by atoms with Crippen LogP contribution in [-0.2, 0) is 9.53 Å². The second-order valence-electron chi connectivity index (χ2n) is 7.16. The molecule has 1 saturated heterocycles. The molecule has 6 heteroatoms. The van der Waals surface area contributed by atoms with E-state index in [9.17, 15) is 4.79 Å². The molecule has 2 aliphatic rings. The van der Waals surface area contributed by atoms with Gasteiger partial charge in [0, 0.05) is 31.6 Å². The number of hydrogen-bond acceptors (Lipinski definition) is 5. The Morgan fingerprint density at radius 3 is 2.96 bits per heavy atom. The van der Waals surface area contributed by atoms with Gasteiger partial charge >= 0.3 is 0 Å². The number of amides is 1. The molecule has 1 aromatic carbocycles. The molecule has 1 amide bonds. The first-order valence-electron chi connectivity index (χ1n) is 9.07. The Kier molecular flexibility index (Phi) is 5.93. The summed E-state index contributed by atoms with van der Waals surface area (Å²) in [4.78, 5) is 17.1. The first-order chi connectivity index (χ1) is 12.0. The molecule has 0 unspecified atom stereocenters. The summed E-state index contributed by atoms with van der Waals surface area (Å²) in [5.41, 5.74) is 1.07. The topological polar surface area (TPSA) is 54.0 Å². The number of nitrogens with zero attached hydrogens (tertiary/aromatic N) is 2. The van der Waals surface area contributed by atoms with Gasteiger partial charge in [0.1, 0.15) is 5.75 Å². The van der Waals surface area contributed by atoms with Crippen molar-refractivity contribution in [3.05, 3.63) is 29.8 Å². The standard InChI is InChI=1S/C19H29N3O3/c1-14(22-9-11-24-15(13-22)12-21(2)3)19(23)20-17-8-10-25-18-7-5-4-6-16(17)18/h4-7,14-15,17H,8-13H2,1-3H3,(H,20,23)/t14-,15+,17-/m1/s1. The zero-order chi connectivity index (χ0) is 17.8. The number of hydrogen-bond donors (Lipinski definition) is 1. The molecular formula is C19H29N3O3. The molecule has 25 heavy (non-hydrogen) atoms. The number of likely N-dealkylation sites (N-methyl/N-ethyl adjacent to an activating group) is 1. The number of carbonyl (C=O) groups is 1. The Hall–Kier alpha value is -1.63. The van der Waals surface area contributed by atoms with Crippen LogP contribution in [0.5, 0.6) is 5.75 Å². The lowest BCUT2D eigenvalue weighted by atomic mass is 10.00. The number of carbonyl (C=O) groups excluding carboxylic acids is 1. The van der Waals surface area contributed by atoms with Crippen molar-refractivity contribution in [2.24, 2.45) is 0 Å². The number of benzene rings is 1. The van der Waals surface area contributed by atoms with Crippen molar-refractivity contribution in [1.29, 1.82) is 0 Å². The van der Waals surface area contributed by atoms with Crippen LogP contribution in [0.25, 0.3) is 0 Å². The van der Waals surface area contributed by atoms with Crippen LogP contribution >= 0.6 is 0 Å². The Morgan fingerprint density at radius 2 is 2.16 bits per heavy atom. The van der Waals surface area contributed by atoms with Crippen LogP contribution in [0.2, 0.25) is 0 Å². The van der Waals surface area contributed by atoms with Crippen LogP contribution in [0, 0.1) is 0 Å². The molecule has 1 fully saturated rings. The Bertz CT molecular complexity index is 593. The molecule has 2 heterocycles. The van der Waals surface area contributed by atoms with E-state index in [0.717, 1.165) is 37.4 Å². The van der Waals surface area contributed by atoms with E-state index < -0.39 is 0 Å². The Labute approximate surface area is 150 Å². The molecule has 2 aliphatic heterocycles. The predicted octanol–water partition coefficient (Wildman–Crippen LogP) is 1.28. The van der Waals surface area contributed by atoms with Crippen molar-refractivity contribution in [1.82, 2.24) is 15.1 Å². The van der Waals surface area contributed by atoms with Crippen LogP contribution in [0.4, 0.5) is 0 Å². The molecule has 1 aromatic rings. The molecule has 138 valence electrons. The molecule has 1 N–H and O–H groups in total. The van der Waals surface area contributed by atoms with Crippen LogP contribution in [0.1, 0.15) is 24.9 Å².